The van der Waals surface area contributed by atoms with Crippen LogP contribution in [0.4, 0.5) is 0 Å². The molecule has 0 spiro atoms. The molecular weight excluding hydrogens is 205 g/mol. The minimum absolute atomic E-state index is 0. The lowest BCUT2D eigenvalue weighted by Gasteiger charge is -2.39. The van der Waals surface area contributed by atoms with Crippen molar-refractivity contribution in [2.75, 3.05) is 0 Å². The highest BCUT2D eigenvalue weighted by Gasteiger charge is 2.35. The third-order valence-corrected chi connectivity index (χ3v) is 2.99. The van der Waals surface area contributed by atoms with Crippen molar-refractivity contribution in [1.82, 2.24) is 0 Å². The molecule has 1 aromatic carbocycles. The van der Waals surface area contributed by atoms with Crippen molar-refractivity contribution < 1.29 is 0 Å². The Hall–Kier alpha value is -0.240. The van der Waals surface area contributed by atoms with Crippen molar-refractivity contribution in [3.8, 4) is 0 Å². The highest BCUT2D eigenvalue weighted by molar-refractivity contribution is 6.31. The lowest BCUT2D eigenvalue weighted by atomic mass is 9.73. The molecule has 1 fully saturated rings. The summed E-state index contributed by atoms with van der Waals surface area (Å²) >= 11 is 6.04. The molecule has 0 saturated heterocycles. The monoisotopic (exact) mass is 217 g/mol. The number of halogens is 2. The Kier molecular flexibility index (Phi) is 3.23. The number of benzene rings is 1. The van der Waals surface area contributed by atoms with Crippen molar-refractivity contribution in [3.05, 3.63) is 34.9 Å². The van der Waals surface area contributed by atoms with Gasteiger partial charge in [0.15, 0.2) is 0 Å². The fraction of sp³-hybridized carbons (Fsp3) is 0.400. The van der Waals surface area contributed by atoms with Gasteiger partial charge < -0.3 is 5.73 Å². The fourth-order valence-corrected chi connectivity index (χ4v) is 2.02. The van der Waals surface area contributed by atoms with Gasteiger partial charge in [0.25, 0.3) is 0 Å². The van der Waals surface area contributed by atoms with Crippen LogP contribution in [0.2, 0.25) is 5.02 Å². The highest BCUT2D eigenvalue weighted by atomic mass is 35.5. The van der Waals surface area contributed by atoms with Gasteiger partial charge in [0.1, 0.15) is 0 Å². The van der Waals surface area contributed by atoms with E-state index in [4.69, 9.17) is 17.3 Å². The molecule has 0 aliphatic heterocycles. The van der Waals surface area contributed by atoms with Crippen LogP contribution >= 0.6 is 24.0 Å². The quantitative estimate of drug-likeness (QED) is 0.770. The Morgan fingerprint density at radius 2 is 1.85 bits per heavy atom. The Bertz CT molecular complexity index is 295. The van der Waals surface area contributed by atoms with Crippen molar-refractivity contribution in [1.29, 1.82) is 0 Å². The topological polar surface area (TPSA) is 26.0 Å². The van der Waals surface area contributed by atoms with Crippen LogP contribution in [0, 0.1) is 0 Å². The second-order valence-corrected chi connectivity index (χ2v) is 3.90. The highest BCUT2D eigenvalue weighted by Crippen LogP contribution is 2.41. The first-order valence-electron chi connectivity index (χ1n) is 4.26. The van der Waals surface area contributed by atoms with E-state index in [1.165, 1.54) is 6.42 Å². The lowest BCUT2D eigenvalue weighted by Crippen LogP contribution is -2.43. The van der Waals surface area contributed by atoms with Crippen LogP contribution in [0.5, 0.6) is 0 Å². The Morgan fingerprint density at radius 3 is 2.31 bits per heavy atom. The molecule has 2 rings (SSSR count). The number of rotatable bonds is 1. The molecule has 0 aromatic heterocycles. The van der Waals surface area contributed by atoms with Gasteiger partial charge >= 0.3 is 0 Å². The van der Waals surface area contributed by atoms with Gasteiger partial charge in [-0.1, -0.05) is 29.8 Å². The van der Waals surface area contributed by atoms with E-state index in [1.54, 1.807) is 0 Å². The van der Waals surface area contributed by atoms with Gasteiger partial charge in [-0.25, -0.2) is 0 Å². The summed E-state index contributed by atoms with van der Waals surface area (Å²) in [6.45, 7) is 0. The number of hydrogen-bond donors (Lipinski definition) is 1. The second-order valence-electron chi connectivity index (χ2n) is 3.49. The summed E-state index contributed by atoms with van der Waals surface area (Å²) in [7, 11) is 0. The first-order valence-corrected chi connectivity index (χ1v) is 4.64. The summed E-state index contributed by atoms with van der Waals surface area (Å²) in [4.78, 5) is 0. The molecule has 2 N–H and O–H groups in total. The first-order chi connectivity index (χ1) is 5.72. The summed E-state index contributed by atoms with van der Waals surface area (Å²) in [5.41, 5.74) is 7.12. The summed E-state index contributed by atoms with van der Waals surface area (Å²) < 4.78 is 0. The zero-order chi connectivity index (χ0) is 8.60. The van der Waals surface area contributed by atoms with Crippen LogP contribution in [0.1, 0.15) is 24.8 Å². The normalized spacial score (nSPS) is 18.6. The molecule has 0 radical (unpaired) electrons. The molecular formula is C10H13Cl2N. The van der Waals surface area contributed by atoms with Crippen molar-refractivity contribution in [3.63, 3.8) is 0 Å². The van der Waals surface area contributed by atoms with Gasteiger partial charge in [0.2, 0.25) is 0 Å². The van der Waals surface area contributed by atoms with E-state index in [0.717, 1.165) is 23.4 Å². The molecule has 0 heterocycles. The van der Waals surface area contributed by atoms with Crippen LogP contribution in [0.3, 0.4) is 0 Å². The maximum Gasteiger partial charge on any atom is 0.0456 e. The zero-order valence-corrected chi connectivity index (χ0v) is 8.87. The van der Waals surface area contributed by atoms with Gasteiger partial charge in [-0.2, -0.15) is 0 Å². The van der Waals surface area contributed by atoms with Gasteiger partial charge in [0, 0.05) is 10.6 Å². The molecule has 1 aromatic rings. The minimum Gasteiger partial charge on any atom is -0.321 e. The van der Waals surface area contributed by atoms with Crippen LogP contribution < -0.4 is 5.73 Å². The summed E-state index contributed by atoms with van der Waals surface area (Å²) in [6, 6.07) is 7.87. The van der Waals surface area contributed by atoms with E-state index >= 15 is 0 Å². The second kappa shape index (κ2) is 3.87. The largest absolute Gasteiger partial charge is 0.321 e. The van der Waals surface area contributed by atoms with E-state index in [0.29, 0.717) is 0 Å². The predicted octanol–water partition coefficient (Wildman–Crippen LogP) is 3.10. The van der Waals surface area contributed by atoms with Crippen LogP contribution in [-0.2, 0) is 5.54 Å². The zero-order valence-electron chi connectivity index (χ0n) is 7.29. The molecule has 1 saturated carbocycles. The van der Waals surface area contributed by atoms with Crippen molar-refractivity contribution in [2.24, 2.45) is 5.73 Å². The molecule has 0 amide bonds. The molecule has 1 nitrogen and oxygen atoms in total. The Labute approximate surface area is 89.7 Å². The Morgan fingerprint density at radius 1 is 1.23 bits per heavy atom. The maximum absolute atomic E-state index is 6.14. The van der Waals surface area contributed by atoms with Crippen LogP contribution in [-0.4, -0.2) is 0 Å². The van der Waals surface area contributed by atoms with E-state index in [9.17, 15) is 0 Å². The lowest BCUT2D eigenvalue weighted by molar-refractivity contribution is 0.254. The fourth-order valence-electron chi connectivity index (χ4n) is 1.69. The SMILES string of the molecule is Cl.NC1(c2ccccc2Cl)CCC1. The average Bonchev–Trinajstić information content (AvgIpc) is 2.01. The predicted molar refractivity (Wildman–Crippen MR) is 58.4 cm³/mol. The van der Waals surface area contributed by atoms with Gasteiger partial charge in [-0.3, -0.25) is 0 Å². The molecule has 13 heavy (non-hydrogen) atoms. The van der Waals surface area contributed by atoms with E-state index in [-0.39, 0.29) is 17.9 Å². The van der Waals surface area contributed by atoms with Gasteiger partial charge in [-0.05, 0) is 30.9 Å². The molecule has 0 atom stereocenters. The van der Waals surface area contributed by atoms with Crippen LogP contribution in [0.25, 0.3) is 0 Å². The van der Waals surface area contributed by atoms with E-state index in [1.807, 2.05) is 24.3 Å². The summed E-state index contributed by atoms with van der Waals surface area (Å²) in [5.74, 6) is 0. The molecule has 72 valence electrons. The van der Waals surface area contributed by atoms with Crippen LogP contribution in [0.15, 0.2) is 24.3 Å². The molecule has 1 aliphatic rings. The third kappa shape index (κ3) is 1.83. The van der Waals surface area contributed by atoms with Crippen molar-refractivity contribution in [2.45, 2.75) is 24.8 Å². The molecule has 1 aliphatic carbocycles. The van der Waals surface area contributed by atoms with Gasteiger partial charge in [0.05, 0.1) is 0 Å². The molecule has 3 heteroatoms. The third-order valence-electron chi connectivity index (χ3n) is 2.66. The smallest absolute Gasteiger partial charge is 0.0456 e. The minimum atomic E-state index is -0.127. The molecule has 0 bridgehead atoms. The average molecular weight is 218 g/mol. The maximum atomic E-state index is 6.14. The molecule has 0 unspecified atom stereocenters. The van der Waals surface area contributed by atoms with E-state index in [2.05, 4.69) is 0 Å². The first kappa shape index (κ1) is 10.8. The number of hydrogen-bond acceptors (Lipinski definition) is 1. The Balaban J connectivity index is 0.000000845. The van der Waals surface area contributed by atoms with Crippen molar-refractivity contribution >= 4 is 24.0 Å². The number of nitrogens with two attached hydrogens (primary N) is 1. The standard InChI is InChI=1S/C10H12ClN.ClH/c11-9-5-2-1-4-8(9)10(12)6-3-7-10;/h1-2,4-5H,3,6-7,12H2;1H. The summed E-state index contributed by atoms with van der Waals surface area (Å²) in [5, 5.41) is 0.805. The van der Waals surface area contributed by atoms with E-state index < -0.39 is 0 Å². The van der Waals surface area contributed by atoms with Gasteiger partial charge in [-0.15, -0.1) is 12.4 Å². The summed E-state index contributed by atoms with van der Waals surface area (Å²) in [6.07, 6.45) is 3.36.